The van der Waals surface area contributed by atoms with E-state index in [1.165, 1.54) is 18.3 Å². The Kier molecular flexibility index (Phi) is 3.19. The fourth-order valence-electron chi connectivity index (χ4n) is 0.914. The summed E-state index contributed by atoms with van der Waals surface area (Å²) in [6.07, 6.45) is 0. The van der Waals surface area contributed by atoms with Crippen LogP contribution in [0.2, 0.25) is 0 Å². The topological polar surface area (TPSA) is 70.5 Å². The van der Waals surface area contributed by atoms with E-state index in [4.69, 9.17) is 5.11 Å². The Balaban J connectivity index is 2.88. The lowest BCUT2D eigenvalue weighted by molar-refractivity contribution is -0.136. The van der Waals surface area contributed by atoms with Gasteiger partial charge in [-0.3, -0.25) is 14.5 Å². The molecule has 0 spiro atoms. The highest BCUT2D eigenvalue weighted by molar-refractivity contribution is 7.14. The molecule has 0 radical (unpaired) electrons. The van der Waals surface area contributed by atoms with Crippen molar-refractivity contribution >= 4 is 28.3 Å². The standard InChI is InChI=1S/C8H10N2O3S/c1-5-4-14-8(9-5)10(6(2)11)3-7(12)13/h4H,3H2,1-2H3,(H,12,13). The van der Waals surface area contributed by atoms with E-state index < -0.39 is 5.97 Å². The number of aryl methyl sites for hydroxylation is 1. The fraction of sp³-hybridized carbons (Fsp3) is 0.375. The summed E-state index contributed by atoms with van der Waals surface area (Å²) in [5.74, 6) is -1.37. The summed E-state index contributed by atoms with van der Waals surface area (Å²) in [6.45, 7) is 2.76. The Morgan fingerprint density at radius 1 is 1.64 bits per heavy atom. The van der Waals surface area contributed by atoms with Gasteiger partial charge in [-0.2, -0.15) is 0 Å². The van der Waals surface area contributed by atoms with Crippen LogP contribution < -0.4 is 4.90 Å². The van der Waals surface area contributed by atoms with Gasteiger partial charge in [-0.1, -0.05) is 0 Å². The molecule has 0 bridgehead atoms. The lowest BCUT2D eigenvalue weighted by Gasteiger charge is -2.14. The lowest BCUT2D eigenvalue weighted by Crippen LogP contribution is -2.33. The normalized spacial score (nSPS) is 9.86. The van der Waals surface area contributed by atoms with Gasteiger partial charge in [0.1, 0.15) is 6.54 Å². The van der Waals surface area contributed by atoms with Crippen molar-refractivity contribution < 1.29 is 14.7 Å². The number of carboxylic acid groups (broad SMARTS) is 1. The molecule has 6 heteroatoms. The van der Waals surface area contributed by atoms with Crippen molar-refractivity contribution in [3.05, 3.63) is 11.1 Å². The molecule has 0 unspecified atom stereocenters. The predicted octanol–water partition coefficient (Wildman–Crippen LogP) is 0.889. The van der Waals surface area contributed by atoms with E-state index >= 15 is 0 Å². The van der Waals surface area contributed by atoms with Crippen molar-refractivity contribution in [3.8, 4) is 0 Å². The number of hydrogen-bond acceptors (Lipinski definition) is 4. The molecule has 0 aliphatic rings. The van der Waals surface area contributed by atoms with Crippen LogP contribution >= 0.6 is 11.3 Å². The first-order chi connectivity index (χ1) is 6.50. The third-order valence-electron chi connectivity index (χ3n) is 1.51. The molecular weight excluding hydrogens is 204 g/mol. The van der Waals surface area contributed by atoms with Gasteiger partial charge in [0, 0.05) is 12.3 Å². The van der Waals surface area contributed by atoms with Crippen LogP contribution in [0.25, 0.3) is 0 Å². The summed E-state index contributed by atoms with van der Waals surface area (Å²) in [5.41, 5.74) is 0.779. The Morgan fingerprint density at radius 2 is 2.29 bits per heavy atom. The smallest absolute Gasteiger partial charge is 0.323 e. The highest BCUT2D eigenvalue weighted by Gasteiger charge is 2.17. The van der Waals surface area contributed by atoms with E-state index in [1.54, 1.807) is 12.3 Å². The van der Waals surface area contributed by atoms with Crippen LogP contribution in [0.15, 0.2) is 5.38 Å². The summed E-state index contributed by atoms with van der Waals surface area (Å²) < 4.78 is 0. The summed E-state index contributed by atoms with van der Waals surface area (Å²) in [4.78, 5) is 26.8. The number of hydrogen-bond donors (Lipinski definition) is 1. The Hall–Kier alpha value is -1.43. The van der Waals surface area contributed by atoms with E-state index in [0.29, 0.717) is 5.13 Å². The van der Waals surface area contributed by atoms with Crippen molar-refractivity contribution in [3.63, 3.8) is 0 Å². The number of carboxylic acids is 1. The number of thiazole rings is 1. The minimum Gasteiger partial charge on any atom is -0.480 e. The number of amides is 1. The van der Waals surface area contributed by atoms with Gasteiger partial charge in [-0.05, 0) is 6.92 Å². The zero-order chi connectivity index (χ0) is 10.7. The van der Waals surface area contributed by atoms with Crippen molar-refractivity contribution in [2.75, 3.05) is 11.4 Å². The van der Waals surface area contributed by atoms with E-state index in [-0.39, 0.29) is 12.5 Å². The van der Waals surface area contributed by atoms with Crippen LogP contribution in [0, 0.1) is 6.92 Å². The first-order valence-electron chi connectivity index (χ1n) is 3.92. The van der Waals surface area contributed by atoms with Gasteiger partial charge in [-0.25, -0.2) is 4.98 Å². The fourth-order valence-corrected chi connectivity index (χ4v) is 1.76. The maximum Gasteiger partial charge on any atom is 0.323 e. The maximum absolute atomic E-state index is 11.1. The number of aromatic nitrogens is 1. The van der Waals surface area contributed by atoms with Crippen LogP contribution in [-0.4, -0.2) is 28.5 Å². The lowest BCUT2D eigenvalue weighted by atomic mass is 10.5. The summed E-state index contributed by atoms with van der Waals surface area (Å²) in [7, 11) is 0. The molecule has 0 aromatic carbocycles. The van der Waals surface area contributed by atoms with Crippen molar-refractivity contribution in [2.45, 2.75) is 13.8 Å². The Labute approximate surface area is 85.0 Å². The predicted molar refractivity (Wildman–Crippen MR) is 52.5 cm³/mol. The van der Waals surface area contributed by atoms with Gasteiger partial charge >= 0.3 is 5.97 Å². The number of rotatable bonds is 3. The zero-order valence-corrected chi connectivity index (χ0v) is 8.67. The monoisotopic (exact) mass is 214 g/mol. The van der Waals surface area contributed by atoms with Crippen molar-refractivity contribution in [1.29, 1.82) is 0 Å². The first-order valence-corrected chi connectivity index (χ1v) is 4.80. The highest BCUT2D eigenvalue weighted by Crippen LogP contribution is 2.19. The van der Waals surface area contributed by atoms with Crippen molar-refractivity contribution in [1.82, 2.24) is 4.98 Å². The quantitative estimate of drug-likeness (QED) is 0.811. The molecule has 1 heterocycles. The average Bonchev–Trinajstić information content (AvgIpc) is 2.46. The number of nitrogens with zero attached hydrogens (tertiary/aromatic N) is 2. The molecule has 0 saturated heterocycles. The summed E-state index contributed by atoms with van der Waals surface area (Å²) in [6, 6.07) is 0. The Morgan fingerprint density at radius 3 is 2.64 bits per heavy atom. The number of carbonyl (C=O) groups excluding carboxylic acids is 1. The highest BCUT2D eigenvalue weighted by atomic mass is 32.1. The molecule has 0 aliphatic heterocycles. The van der Waals surface area contributed by atoms with Crippen LogP contribution in [0.4, 0.5) is 5.13 Å². The van der Waals surface area contributed by atoms with Gasteiger partial charge in [0.2, 0.25) is 5.91 Å². The summed E-state index contributed by atoms with van der Waals surface area (Å²) in [5, 5.41) is 10.8. The number of anilines is 1. The van der Waals surface area contributed by atoms with Crippen molar-refractivity contribution in [2.24, 2.45) is 0 Å². The Bertz CT molecular complexity index is 361. The maximum atomic E-state index is 11.1. The molecule has 14 heavy (non-hydrogen) atoms. The molecule has 1 N–H and O–H groups in total. The molecule has 0 aliphatic carbocycles. The average molecular weight is 214 g/mol. The SMILES string of the molecule is CC(=O)N(CC(=O)O)c1nc(C)cs1. The van der Waals surface area contributed by atoms with Crippen LogP contribution in [0.5, 0.6) is 0 Å². The summed E-state index contributed by atoms with van der Waals surface area (Å²) >= 11 is 1.26. The zero-order valence-electron chi connectivity index (χ0n) is 7.85. The van der Waals surface area contributed by atoms with Gasteiger partial charge < -0.3 is 5.11 Å². The van der Waals surface area contributed by atoms with Crippen LogP contribution in [0.3, 0.4) is 0 Å². The molecule has 1 aromatic heterocycles. The van der Waals surface area contributed by atoms with Crippen LogP contribution in [-0.2, 0) is 9.59 Å². The second-order valence-electron chi connectivity index (χ2n) is 2.77. The molecular formula is C8H10N2O3S. The molecule has 1 aromatic rings. The van der Waals surface area contributed by atoms with E-state index in [2.05, 4.69) is 4.98 Å². The van der Waals surface area contributed by atoms with Gasteiger partial charge in [0.25, 0.3) is 0 Å². The first kappa shape index (κ1) is 10.6. The van der Waals surface area contributed by atoms with E-state index in [1.807, 2.05) is 0 Å². The molecule has 0 atom stereocenters. The van der Waals surface area contributed by atoms with Gasteiger partial charge in [0.15, 0.2) is 5.13 Å². The van der Waals surface area contributed by atoms with E-state index in [0.717, 1.165) is 10.6 Å². The molecule has 1 rings (SSSR count). The molecule has 1 amide bonds. The number of aliphatic carboxylic acids is 1. The largest absolute Gasteiger partial charge is 0.480 e. The third-order valence-corrected chi connectivity index (χ3v) is 2.49. The molecule has 76 valence electrons. The minimum atomic E-state index is -1.05. The minimum absolute atomic E-state index is 0.318. The number of carbonyl (C=O) groups is 2. The van der Waals surface area contributed by atoms with E-state index in [9.17, 15) is 9.59 Å². The second-order valence-corrected chi connectivity index (χ2v) is 3.61. The molecule has 5 nitrogen and oxygen atoms in total. The second kappa shape index (κ2) is 4.19. The molecule has 0 fully saturated rings. The van der Waals surface area contributed by atoms with Crippen LogP contribution in [0.1, 0.15) is 12.6 Å². The van der Waals surface area contributed by atoms with Gasteiger partial charge in [-0.15, -0.1) is 11.3 Å². The third kappa shape index (κ3) is 2.53. The van der Waals surface area contributed by atoms with Gasteiger partial charge in [0.05, 0.1) is 5.69 Å². The molecule has 0 saturated carbocycles.